The summed E-state index contributed by atoms with van der Waals surface area (Å²) >= 11 is 12.3. The minimum absolute atomic E-state index is 0.00371. The molecule has 0 bridgehead atoms. The van der Waals surface area contributed by atoms with Crippen molar-refractivity contribution in [1.29, 1.82) is 0 Å². The molecule has 0 heterocycles. The molecule has 0 unspecified atom stereocenters. The first-order valence-corrected chi connectivity index (χ1v) is 10.2. The van der Waals surface area contributed by atoms with E-state index in [0.717, 1.165) is 22.4 Å². The number of rotatable bonds is 7. The largest absolute Gasteiger partial charge is 0.497 e. The van der Waals surface area contributed by atoms with Crippen LogP contribution in [-0.2, 0) is 13.0 Å². The van der Waals surface area contributed by atoms with E-state index in [9.17, 15) is 4.79 Å². The van der Waals surface area contributed by atoms with Crippen LogP contribution in [0.2, 0.25) is 10.0 Å². The molecule has 0 saturated heterocycles. The summed E-state index contributed by atoms with van der Waals surface area (Å²) in [5, 5.41) is 1.22. The van der Waals surface area contributed by atoms with E-state index in [4.69, 9.17) is 27.9 Å². The Hall–Kier alpha value is -2.49. The maximum atomic E-state index is 13.3. The van der Waals surface area contributed by atoms with E-state index in [1.165, 1.54) is 0 Å². The first kappa shape index (κ1) is 21.2. The zero-order valence-electron chi connectivity index (χ0n) is 16.5. The Kier molecular flexibility index (Phi) is 7.18. The maximum Gasteiger partial charge on any atom is 0.254 e. The average Bonchev–Trinajstić information content (AvgIpc) is 2.72. The lowest BCUT2D eigenvalue weighted by Crippen LogP contribution is -2.33. The molecule has 0 aliphatic heterocycles. The number of halogens is 2. The van der Waals surface area contributed by atoms with Crippen molar-refractivity contribution in [3.05, 3.63) is 99.0 Å². The molecular weight excluding hydrogens is 405 g/mol. The molecule has 3 aromatic rings. The van der Waals surface area contributed by atoms with Crippen LogP contribution in [0.4, 0.5) is 0 Å². The first-order valence-electron chi connectivity index (χ1n) is 9.39. The molecule has 0 aliphatic rings. The maximum absolute atomic E-state index is 13.3. The average molecular weight is 428 g/mol. The van der Waals surface area contributed by atoms with Gasteiger partial charge < -0.3 is 9.64 Å². The fourth-order valence-corrected chi connectivity index (χ4v) is 3.67. The van der Waals surface area contributed by atoms with Crippen molar-refractivity contribution in [3.63, 3.8) is 0 Å². The lowest BCUT2D eigenvalue weighted by molar-refractivity contribution is 0.0744. The molecule has 1 amide bonds. The van der Waals surface area contributed by atoms with Crippen LogP contribution < -0.4 is 4.74 Å². The van der Waals surface area contributed by atoms with Crippen LogP contribution in [0.15, 0.2) is 66.7 Å². The highest BCUT2D eigenvalue weighted by Crippen LogP contribution is 2.23. The van der Waals surface area contributed by atoms with Gasteiger partial charge in [-0.1, -0.05) is 59.6 Å². The molecule has 3 rings (SSSR count). The van der Waals surface area contributed by atoms with Crippen LogP contribution >= 0.6 is 23.2 Å². The summed E-state index contributed by atoms with van der Waals surface area (Å²) in [6.07, 6.45) is 0.643. The van der Waals surface area contributed by atoms with Gasteiger partial charge in [0.15, 0.2) is 0 Å². The van der Waals surface area contributed by atoms with Crippen molar-refractivity contribution in [2.45, 2.75) is 19.9 Å². The number of benzene rings is 3. The molecule has 29 heavy (non-hydrogen) atoms. The van der Waals surface area contributed by atoms with Crippen molar-refractivity contribution in [3.8, 4) is 5.75 Å². The highest BCUT2D eigenvalue weighted by atomic mass is 35.5. The number of nitrogens with zero attached hydrogens (tertiary/aromatic N) is 1. The van der Waals surface area contributed by atoms with Crippen molar-refractivity contribution in [1.82, 2.24) is 4.90 Å². The molecule has 3 nitrogen and oxygen atoms in total. The van der Waals surface area contributed by atoms with E-state index in [-0.39, 0.29) is 5.91 Å². The van der Waals surface area contributed by atoms with Gasteiger partial charge in [0.2, 0.25) is 0 Å². The number of carbonyl (C=O) groups excluding carboxylic acids is 1. The van der Waals surface area contributed by atoms with Crippen molar-refractivity contribution < 1.29 is 9.53 Å². The second kappa shape index (κ2) is 9.82. The zero-order chi connectivity index (χ0) is 20.8. The van der Waals surface area contributed by atoms with Crippen LogP contribution in [0.1, 0.15) is 27.0 Å². The highest BCUT2D eigenvalue weighted by molar-refractivity contribution is 6.35. The highest BCUT2D eigenvalue weighted by Gasteiger charge is 2.18. The summed E-state index contributed by atoms with van der Waals surface area (Å²) in [6.45, 7) is 3.00. The van der Waals surface area contributed by atoms with Gasteiger partial charge in [0.1, 0.15) is 5.75 Å². The third-order valence-electron chi connectivity index (χ3n) is 4.86. The fraction of sp³-hybridized carbons (Fsp3) is 0.208. The molecule has 0 spiro atoms. The Labute approximate surface area is 181 Å². The van der Waals surface area contributed by atoms with Gasteiger partial charge >= 0.3 is 0 Å². The number of aryl methyl sites for hydroxylation is 1. The van der Waals surface area contributed by atoms with E-state index in [1.54, 1.807) is 13.2 Å². The van der Waals surface area contributed by atoms with Crippen LogP contribution in [0, 0.1) is 6.92 Å². The first-order chi connectivity index (χ1) is 14.0. The summed E-state index contributed by atoms with van der Waals surface area (Å²) < 4.78 is 5.23. The molecule has 0 aliphatic carbocycles. The van der Waals surface area contributed by atoms with Crippen molar-refractivity contribution in [2.24, 2.45) is 0 Å². The quantitative estimate of drug-likeness (QED) is 0.449. The molecule has 0 radical (unpaired) electrons. The van der Waals surface area contributed by atoms with Gasteiger partial charge in [0, 0.05) is 28.7 Å². The lowest BCUT2D eigenvalue weighted by Gasteiger charge is -2.24. The molecule has 0 atom stereocenters. The molecule has 0 aromatic heterocycles. The zero-order valence-corrected chi connectivity index (χ0v) is 18.0. The van der Waals surface area contributed by atoms with E-state index in [0.29, 0.717) is 35.1 Å². The fourth-order valence-electron chi connectivity index (χ4n) is 3.17. The topological polar surface area (TPSA) is 29.5 Å². The third kappa shape index (κ3) is 5.53. The van der Waals surface area contributed by atoms with E-state index in [2.05, 4.69) is 0 Å². The molecule has 0 saturated carbocycles. The van der Waals surface area contributed by atoms with Gasteiger partial charge in [-0.15, -0.1) is 0 Å². The van der Waals surface area contributed by atoms with Gasteiger partial charge in [0.05, 0.1) is 7.11 Å². The van der Waals surface area contributed by atoms with Gasteiger partial charge in [0.25, 0.3) is 5.91 Å². The Morgan fingerprint density at radius 2 is 1.72 bits per heavy atom. The summed E-state index contributed by atoms with van der Waals surface area (Å²) in [6, 6.07) is 20.9. The summed E-state index contributed by atoms with van der Waals surface area (Å²) in [4.78, 5) is 15.2. The van der Waals surface area contributed by atoms with Crippen LogP contribution in [0.3, 0.4) is 0 Å². The normalized spacial score (nSPS) is 10.6. The van der Waals surface area contributed by atoms with Gasteiger partial charge in [-0.05, 0) is 60.4 Å². The SMILES string of the molecule is COc1ccc(CN(CCc2ccc(Cl)cc2Cl)C(=O)c2ccccc2C)cc1. The Balaban J connectivity index is 1.83. The Morgan fingerprint density at radius 3 is 2.38 bits per heavy atom. The predicted molar refractivity (Wildman–Crippen MR) is 119 cm³/mol. The summed E-state index contributed by atoms with van der Waals surface area (Å²) in [5.41, 5.74) is 3.67. The van der Waals surface area contributed by atoms with Gasteiger partial charge in [-0.3, -0.25) is 4.79 Å². The van der Waals surface area contributed by atoms with Crippen LogP contribution in [0.25, 0.3) is 0 Å². The van der Waals surface area contributed by atoms with Crippen LogP contribution in [-0.4, -0.2) is 24.5 Å². The number of methoxy groups -OCH3 is 1. The molecule has 5 heteroatoms. The second-order valence-electron chi connectivity index (χ2n) is 6.88. The minimum atomic E-state index is 0.00371. The number of hydrogen-bond donors (Lipinski definition) is 0. The number of amides is 1. The van der Waals surface area contributed by atoms with Gasteiger partial charge in [-0.2, -0.15) is 0 Å². The molecule has 150 valence electrons. The lowest BCUT2D eigenvalue weighted by atomic mass is 10.1. The number of hydrogen-bond acceptors (Lipinski definition) is 2. The monoisotopic (exact) mass is 427 g/mol. The van der Waals surface area contributed by atoms with Crippen molar-refractivity contribution >= 4 is 29.1 Å². The summed E-state index contributed by atoms with van der Waals surface area (Å²) in [7, 11) is 1.64. The molecule has 3 aromatic carbocycles. The van der Waals surface area contributed by atoms with E-state index >= 15 is 0 Å². The summed E-state index contributed by atoms with van der Waals surface area (Å²) in [5.74, 6) is 0.794. The van der Waals surface area contributed by atoms with Crippen LogP contribution in [0.5, 0.6) is 5.75 Å². The molecule has 0 N–H and O–H groups in total. The smallest absolute Gasteiger partial charge is 0.254 e. The number of ether oxygens (including phenoxy) is 1. The third-order valence-corrected chi connectivity index (χ3v) is 5.45. The molecule has 0 fully saturated rings. The second-order valence-corrected chi connectivity index (χ2v) is 7.72. The van der Waals surface area contributed by atoms with Crippen molar-refractivity contribution in [2.75, 3.05) is 13.7 Å². The number of carbonyl (C=O) groups is 1. The Bertz CT molecular complexity index is 986. The standard InChI is InChI=1S/C24H23Cl2NO2/c1-17-5-3-4-6-22(17)24(28)27(16-18-7-11-21(29-2)12-8-18)14-13-19-9-10-20(25)15-23(19)26/h3-12,15H,13-14,16H2,1-2H3. The van der Waals surface area contributed by atoms with E-state index in [1.807, 2.05) is 72.5 Å². The molecular formula is C24H23Cl2NO2. The Morgan fingerprint density at radius 1 is 1.00 bits per heavy atom. The predicted octanol–water partition coefficient (Wildman–Crippen LogP) is 6.20. The van der Waals surface area contributed by atoms with E-state index < -0.39 is 0 Å². The minimum Gasteiger partial charge on any atom is -0.497 e. The van der Waals surface area contributed by atoms with Gasteiger partial charge in [-0.25, -0.2) is 0 Å².